The molecule has 0 unspecified atom stereocenters. The summed E-state index contributed by atoms with van der Waals surface area (Å²) in [6.45, 7) is 33.1. The molecule has 0 amide bonds. The Morgan fingerprint density at radius 1 is 0.275 bits per heavy atom. The Labute approximate surface area is 256 Å². The topological polar surface area (TPSA) is 102 Å². The van der Waals surface area contributed by atoms with E-state index in [0.717, 1.165) is 0 Å². The molecular weight excluding hydrogens is 548 g/mol. The summed E-state index contributed by atoms with van der Waals surface area (Å²) >= 11 is 0. The molecule has 0 bridgehead atoms. The van der Waals surface area contributed by atoms with Crippen molar-refractivity contribution < 1.29 is 45.8 Å². The van der Waals surface area contributed by atoms with E-state index in [1.807, 2.05) is 125 Å². The van der Waals surface area contributed by atoms with E-state index in [1.54, 1.807) is 0 Å². The standard InChI is InChI=1S/3C11H20O2.Fe/c3*1-10(2,3)8(12)7-9(13)11(4,5)6;/h3*7H2,1-6H3;. The van der Waals surface area contributed by atoms with E-state index in [9.17, 15) is 28.8 Å². The zero-order valence-electron chi connectivity index (χ0n) is 28.9. The van der Waals surface area contributed by atoms with Crippen molar-refractivity contribution in [3.05, 3.63) is 0 Å². The second-order valence-corrected chi connectivity index (χ2v) is 16.6. The molecule has 0 heterocycles. The smallest absolute Gasteiger partial charge is 0.145 e. The van der Waals surface area contributed by atoms with Crippen molar-refractivity contribution in [3.8, 4) is 0 Å². The van der Waals surface area contributed by atoms with Crippen LogP contribution in [0.1, 0.15) is 144 Å². The maximum Gasteiger partial charge on any atom is 0.145 e. The molecule has 0 rings (SSSR count). The molecule has 0 aromatic heterocycles. The van der Waals surface area contributed by atoms with Gasteiger partial charge in [-0.1, -0.05) is 125 Å². The van der Waals surface area contributed by atoms with E-state index in [2.05, 4.69) is 0 Å². The van der Waals surface area contributed by atoms with Crippen LogP contribution in [0.4, 0.5) is 0 Å². The molecule has 0 aromatic carbocycles. The molecule has 0 spiro atoms. The van der Waals surface area contributed by atoms with Crippen LogP contribution in [0.15, 0.2) is 0 Å². The van der Waals surface area contributed by atoms with Crippen LogP contribution < -0.4 is 0 Å². The van der Waals surface area contributed by atoms with E-state index in [1.165, 1.54) is 0 Å². The van der Waals surface area contributed by atoms with Gasteiger partial charge in [-0.25, -0.2) is 0 Å². The summed E-state index contributed by atoms with van der Waals surface area (Å²) in [7, 11) is 0. The van der Waals surface area contributed by atoms with Gasteiger partial charge in [-0.15, -0.1) is 0 Å². The minimum absolute atomic E-state index is 0. The molecule has 0 aliphatic heterocycles. The molecule has 40 heavy (non-hydrogen) atoms. The zero-order chi connectivity index (χ0) is 32.6. The Morgan fingerprint density at radius 2 is 0.350 bits per heavy atom. The molecule has 6 nitrogen and oxygen atoms in total. The summed E-state index contributed by atoms with van der Waals surface area (Å²) in [5.74, 6) is 0.125. The molecule has 0 fully saturated rings. The van der Waals surface area contributed by atoms with Gasteiger partial charge in [-0.05, 0) is 0 Å². The van der Waals surface area contributed by atoms with Crippen LogP contribution in [0, 0.1) is 32.5 Å². The van der Waals surface area contributed by atoms with Crippen molar-refractivity contribution in [3.63, 3.8) is 0 Å². The van der Waals surface area contributed by atoms with Gasteiger partial charge in [0.15, 0.2) is 0 Å². The first-order valence-corrected chi connectivity index (χ1v) is 13.8. The first-order valence-electron chi connectivity index (χ1n) is 13.8. The fraction of sp³-hybridized carbons (Fsp3) is 0.818. The van der Waals surface area contributed by atoms with Crippen LogP contribution in [-0.4, -0.2) is 34.7 Å². The zero-order valence-corrected chi connectivity index (χ0v) is 30.0. The Balaban J connectivity index is -0.000000240. The third kappa shape index (κ3) is 21.3. The van der Waals surface area contributed by atoms with Gasteiger partial charge in [0.2, 0.25) is 0 Å². The Hall–Kier alpha value is -1.46. The van der Waals surface area contributed by atoms with Gasteiger partial charge in [-0.2, -0.15) is 0 Å². The van der Waals surface area contributed by atoms with E-state index in [0.29, 0.717) is 0 Å². The van der Waals surface area contributed by atoms with Crippen LogP contribution in [0.2, 0.25) is 0 Å². The first kappa shape index (κ1) is 45.5. The number of carbonyl (C=O) groups excluding carboxylic acids is 6. The molecular formula is C33H60FeO6. The second-order valence-electron chi connectivity index (χ2n) is 16.6. The number of carbonyl (C=O) groups is 6. The van der Waals surface area contributed by atoms with Gasteiger partial charge in [0, 0.05) is 49.6 Å². The Morgan fingerprint density at radius 3 is 0.400 bits per heavy atom. The molecule has 0 N–H and O–H groups in total. The molecule has 0 aromatic rings. The summed E-state index contributed by atoms with van der Waals surface area (Å²) in [6, 6.07) is 0. The molecule has 0 radical (unpaired) electrons. The van der Waals surface area contributed by atoms with Crippen LogP contribution in [0.5, 0.6) is 0 Å². The van der Waals surface area contributed by atoms with Crippen LogP contribution in [0.3, 0.4) is 0 Å². The predicted octanol–water partition coefficient (Wildman–Crippen LogP) is 7.82. The van der Waals surface area contributed by atoms with Crippen molar-refractivity contribution in [2.45, 2.75) is 144 Å². The summed E-state index contributed by atoms with van der Waals surface area (Å²) in [5, 5.41) is 0. The van der Waals surface area contributed by atoms with E-state index in [4.69, 9.17) is 0 Å². The van der Waals surface area contributed by atoms with E-state index < -0.39 is 32.5 Å². The summed E-state index contributed by atoms with van der Waals surface area (Å²) < 4.78 is 0. The van der Waals surface area contributed by atoms with Gasteiger partial charge in [-0.3, -0.25) is 28.8 Å². The first-order chi connectivity index (χ1) is 16.6. The van der Waals surface area contributed by atoms with Crippen molar-refractivity contribution in [2.24, 2.45) is 32.5 Å². The molecule has 0 aliphatic rings. The quantitative estimate of drug-likeness (QED) is 0.225. The number of Topliss-reactive ketones (excluding diaryl/α,β-unsaturated/α-hetero) is 6. The fourth-order valence-corrected chi connectivity index (χ4v) is 2.03. The average molecular weight is 609 g/mol. The Kier molecular flexibility index (Phi) is 18.5. The summed E-state index contributed by atoms with van der Waals surface area (Å²) in [4.78, 5) is 69.0. The maximum absolute atomic E-state index is 11.5. The number of ketones is 6. The minimum Gasteiger partial charge on any atom is -0.299 e. The molecule has 236 valence electrons. The normalized spacial score (nSPS) is 12.4. The fourth-order valence-electron chi connectivity index (χ4n) is 2.03. The molecule has 0 saturated carbocycles. The van der Waals surface area contributed by atoms with E-state index in [-0.39, 0.29) is 71.0 Å². The third-order valence-electron chi connectivity index (χ3n) is 5.98. The largest absolute Gasteiger partial charge is 0.299 e. The van der Waals surface area contributed by atoms with Gasteiger partial charge >= 0.3 is 0 Å². The second kappa shape index (κ2) is 16.2. The van der Waals surface area contributed by atoms with Crippen molar-refractivity contribution in [2.75, 3.05) is 0 Å². The number of hydrogen-bond acceptors (Lipinski definition) is 6. The number of hydrogen-bond donors (Lipinski definition) is 0. The molecule has 0 aliphatic carbocycles. The van der Waals surface area contributed by atoms with Gasteiger partial charge in [0.1, 0.15) is 34.7 Å². The summed E-state index contributed by atoms with van der Waals surface area (Å²) in [6.07, 6.45) is 0.187. The van der Waals surface area contributed by atoms with Gasteiger partial charge < -0.3 is 0 Å². The van der Waals surface area contributed by atoms with Crippen molar-refractivity contribution in [1.29, 1.82) is 0 Å². The van der Waals surface area contributed by atoms with Crippen LogP contribution in [0.25, 0.3) is 0 Å². The average Bonchev–Trinajstić information content (AvgIpc) is 2.64. The number of rotatable bonds is 6. The Bertz CT molecular complexity index is 693. The van der Waals surface area contributed by atoms with Crippen molar-refractivity contribution in [1.82, 2.24) is 0 Å². The summed E-state index contributed by atoms with van der Waals surface area (Å²) in [5.41, 5.74) is -2.41. The van der Waals surface area contributed by atoms with E-state index >= 15 is 0 Å². The minimum atomic E-state index is -0.402. The third-order valence-corrected chi connectivity index (χ3v) is 5.98. The molecule has 7 heteroatoms. The molecule has 0 saturated heterocycles. The van der Waals surface area contributed by atoms with Crippen LogP contribution in [-0.2, 0) is 45.8 Å². The monoisotopic (exact) mass is 608 g/mol. The van der Waals surface area contributed by atoms with Crippen molar-refractivity contribution >= 4 is 34.7 Å². The van der Waals surface area contributed by atoms with Gasteiger partial charge in [0.05, 0.1) is 19.3 Å². The molecule has 0 atom stereocenters. The van der Waals surface area contributed by atoms with Gasteiger partial charge in [0.25, 0.3) is 0 Å². The van der Waals surface area contributed by atoms with Crippen LogP contribution >= 0.6 is 0 Å². The predicted molar refractivity (Wildman–Crippen MR) is 161 cm³/mol. The SMILES string of the molecule is CC(C)(C)C(=O)CC(=O)C(C)(C)C.CC(C)(C)C(=O)CC(=O)C(C)(C)C.CC(C)(C)C(=O)CC(=O)C(C)(C)C.[Fe]. The maximum atomic E-state index is 11.5.